The van der Waals surface area contributed by atoms with Gasteiger partial charge in [0.25, 0.3) is 0 Å². The minimum atomic E-state index is -4.28. The lowest BCUT2D eigenvalue weighted by atomic mass is 10.1. The molecule has 0 aromatic heterocycles. The Morgan fingerprint density at radius 3 is 2.37 bits per heavy atom. The van der Waals surface area contributed by atoms with E-state index < -0.39 is 11.7 Å². The highest BCUT2D eigenvalue weighted by Crippen LogP contribution is 2.32. The zero-order chi connectivity index (χ0) is 12.5. The first-order chi connectivity index (χ1) is 7.97. The van der Waals surface area contributed by atoms with E-state index in [-0.39, 0.29) is 30.9 Å². The van der Waals surface area contributed by atoms with Gasteiger partial charge in [-0.25, -0.2) is 0 Å². The van der Waals surface area contributed by atoms with Crippen LogP contribution >= 0.6 is 24.8 Å². The Labute approximate surface area is 123 Å². The lowest BCUT2D eigenvalue weighted by molar-refractivity contribution is -0.138. The Hall–Kier alpha value is -0.490. The quantitative estimate of drug-likeness (QED) is 0.908. The molecule has 1 fully saturated rings. The molecule has 7 heteroatoms. The van der Waals surface area contributed by atoms with E-state index in [4.69, 9.17) is 5.73 Å². The molecule has 1 aromatic carbocycles. The topological polar surface area (TPSA) is 29.3 Å². The number of hydrogen-bond acceptors (Lipinski definition) is 2. The first kappa shape index (κ1) is 18.5. The number of benzene rings is 1. The number of alkyl halides is 3. The maximum Gasteiger partial charge on any atom is 0.416 e. The fraction of sp³-hybridized carbons (Fsp3) is 0.500. The minimum Gasteiger partial charge on any atom is -0.326 e. The second-order valence-corrected chi connectivity index (χ2v) is 4.44. The van der Waals surface area contributed by atoms with Crippen LogP contribution in [0.1, 0.15) is 17.5 Å². The van der Waals surface area contributed by atoms with Gasteiger partial charge in [-0.3, -0.25) is 4.90 Å². The Morgan fingerprint density at radius 1 is 1.21 bits per heavy atom. The van der Waals surface area contributed by atoms with Crippen LogP contribution in [0.3, 0.4) is 0 Å². The largest absolute Gasteiger partial charge is 0.416 e. The van der Waals surface area contributed by atoms with Gasteiger partial charge in [0.05, 0.1) is 5.56 Å². The van der Waals surface area contributed by atoms with Gasteiger partial charge in [0.15, 0.2) is 0 Å². The van der Waals surface area contributed by atoms with Gasteiger partial charge in [0, 0.05) is 25.7 Å². The number of rotatable bonds is 2. The Bertz CT molecular complexity index is 399. The third-order valence-corrected chi connectivity index (χ3v) is 3.03. The summed E-state index contributed by atoms with van der Waals surface area (Å²) >= 11 is 0. The SMILES string of the molecule is Cl.Cl.NC1CCN(Cc2ccccc2C(F)(F)F)C1. The summed E-state index contributed by atoms with van der Waals surface area (Å²) < 4.78 is 38.3. The summed E-state index contributed by atoms with van der Waals surface area (Å²) in [7, 11) is 0. The Balaban J connectivity index is 0.00000162. The van der Waals surface area contributed by atoms with Crippen LogP contribution in [0.15, 0.2) is 24.3 Å². The van der Waals surface area contributed by atoms with Gasteiger partial charge in [0.1, 0.15) is 0 Å². The number of nitrogens with two attached hydrogens (primary N) is 1. The molecule has 2 rings (SSSR count). The van der Waals surface area contributed by atoms with Crippen molar-refractivity contribution in [1.82, 2.24) is 4.90 Å². The lowest BCUT2D eigenvalue weighted by Crippen LogP contribution is -2.27. The molecule has 1 aliphatic heterocycles. The molecule has 2 N–H and O–H groups in total. The van der Waals surface area contributed by atoms with Crippen molar-refractivity contribution in [2.45, 2.75) is 25.2 Å². The second kappa shape index (κ2) is 7.33. The highest BCUT2D eigenvalue weighted by atomic mass is 35.5. The molecule has 0 radical (unpaired) electrons. The van der Waals surface area contributed by atoms with Gasteiger partial charge in [-0.2, -0.15) is 13.2 Å². The molecule has 2 nitrogen and oxygen atoms in total. The Morgan fingerprint density at radius 2 is 1.84 bits per heavy atom. The monoisotopic (exact) mass is 316 g/mol. The summed E-state index contributed by atoms with van der Waals surface area (Å²) in [4.78, 5) is 1.97. The average molecular weight is 317 g/mol. The lowest BCUT2D eigenvalue weighted by Gasteiger charge is -2.18. The van der Waals surface area contributed by atoms with Gasteiger partial charge >= 0.3 is 6.18 Å². The molecule has 0 bridgehead atoms. The van der Waals surface area contributed by atoms with E-state index in [0.717, 1.165) is 19.0 Å². The second-order valence-electron chi connectivity index (χ2n) is 4.44. The van der Waals surface area contributed by atoms with Gasteiger partial charge in [-0.05, 0) is 18.1 Å². The molecular weight excluding hydrogens is 300 g/mol. The van der Waals surface area contributed by atoms with E-state index in [9.17, 15) is 13.2 Å². The molecule has 1 atom stereocenters. The Kier molecular flexibility index (Phi) is 7.15. The fourth-order valence-corrected chi connectivity index (χ4v) is 2.18. The van der Waals surface area contributed by atoms with Crippen molar-refractivity contribution in [2.24, 2.45) is 5.73 Å². The van der Waals surface area contributed by atoms with Crippen LogP contribution in [0.25, 0.3) is 0 Å². The molecule has 19 heavy (non-hydrogen) atoms. The van der Waals surface area contributed by atoms with E-state index >= 15 is 0 Å². The summed E-state index contributed by atoms with van der Waals surface area (Å²) in [5.74, 6) is 0. The van der Waals surface area contributed by atoms with Crippen LogP contribution in [0.5, 0.6) is 0 Å². The van der Waals surface area contributed by atoms with Crippen molar-refractivity contribution in [3.8, 4) is 0 Å². The normalized spacial score (nSPS) is 19.7. The fourth-order valence-electron chi connectivity index (χ4n) is 2.18. The van der Waals surface area contributed by atoms with Crippen LogP contribution in [-0.4, -0.2) is 24.0 Å². The average Bonchev–Trinajstić information content (AvgIpc) is 2.63. The summed E-state index contributed by atoms with van der Waals surface area (Å²) in [6, 6.07) is 5.81. The van der Waals surface area contributed by atoms with Crippen LogP contribution < -0.4 is 5.73 Å². The van der Waals surface area contributed by atoms with E-state index in [2.05, 4.69) is 0 Å². The highest BCUT2D eigenvalue weighted by Gasteiger charge is 2.33. The third-order valence-electron chi connectivity index (χ3n) is 3.03. The molecular formula is C12H17Cl2F3N2. The minimum absolute atomic E-state index is 0. The van der Waals surface area contributed by atoms with E-state index in [1.54, 1.807) is 6.07 Å². The number of likely N-dealkylation sites (tertiary alicyclic amines) is 1. The third kappa shape index (κ3) is 4.84. The van der Waals surface area contributed by atoms with Gasteiger partial charge < -0.3 is 5.73 Å². The zero-order valence-corrected chi connectivity index (χ0v) is 11.8. The molecule has 1 aliphatic rings. The zero-order valence-electron chi connectivity index (χ0n) is 10.2. The van der Waals surface area contributed by atoms with Crippen LogP contribution in [-0.2, 0) is 12.7 Å². The highest BCUT2D eigenvalue weighted by molar-refractivity contribution is 5.85. The van der Waals surface area contributed by atoms with Crippen molar-refractivity contribution in [3.05, 3.63) is 35.4 Å². The van der Waals surface area contributed by atoms with Gasteiger partial charge in [-0.15, -0.1) is 24.8 Å². The van der Waals surface area contributed by atoms with Crippen molar-refractivity contribution in [3.63, 3.8) is 0 Å². The van der Waals surface area contributed by atoms with E-state index in [1.165, 1.54) is 12.1 Å². The number of nitrogens with zero attached hydrogens (tertiary/aromatic N) is 1. The van der Waals surface area contributed by atoms with Crippen molar-refractivity contribution >= 4 is 24.8 Å². The van der Waals surface area contributed by atoms with Crippen LogP contribution in [0, 0.1) is 0 Å². The first-order valence-electron chi connectivity index (χ1n) is 5.60. The predicted molar refractivity (Wildman–Crippen MR) is 73.8 cm³/mol. The maximum atomic E-state index is 12.8. The number of halogens is 5. The molecule has 1 aromatic rings. The maximum absolute atomic E-state index is 12.8. The van der Waals surface area contributed by atoms with Crippen LogP contribution in [0.2, 0.25) is 0 Å². The van der Waals surface area contributed by atoms with Crippen molar-refractivity contribution in [2.75, 3.05) is 13.1 Å². The molecule has 1 saturated heterocycles. The summed E-state index contributed by atoms with van der Waals surface area (Å²) in [6.45, 7) is 1.77. The summed E-state index contributed by atoms with van der Waals surface area (Å²) in [5, 5.41) is 0. The molecule has 0 amide bonds. The predicted octanol–water partition coefficient (Wildman–Crippen LogP) is 3.08. The number of hydrogen-bond donors (Lipinski definition) is 1. The molecule has 0 saturated carbocycles. The molecule has 0 aliphatic carbocycles. The summed E-state index contributed by atoms with van der Waals surface area (Å²) in [6.07, 6.45) is -3.42. The smallest absolute Gasteiger partial charge is 0.326 e. The van der Waals surface area contributed by atoms with E-state index in [0.29, 0.717) is 18.7 Å². The van der Waals surface area contributed by atoms with Crippen molar-refractivity contribution in [1.29, 1.82) is 0 Å². The van der Waals surface area contributed by atoms with Crippen LogP contribution in [0.4, 0.5) is 13.2 Å². The first-order valence-corrected chi connectivity index (χ1v) is 5.60. The molecule has 110 valence electrons. The molecule has 1 heterocycles. The van der Waals surface area contributed by atoms with Crippen molar-refractivity contribution < 1.29 is 13.2 Å². The molecule has 1 unspecified atom stereocenters. The van der Waals surface area contributed by atoms with Gasteiger partial charge in [-0.1, -0.05) is 18.2 Å². The standard InChI is InChI=1S/C12H15F3N2.2ClH/c13-12(14,15)11-4-2-1-3-9(11)7-17-6-5-10(16)8-17;;/h1-4,10H,5-8,16H2;2*1H. The van der Waals surface area contributed by atoms with Gasteiger partial charge in [0.2, 0.25) is 0 Å². The van der Waals surface area contributed by atoms with E-state index in [1.807, 2.05) is 4.90 Å². The summed E-state index contributed by atoms with van der Waals surface area (Å²) in [5.41, 5.74) is 5.53. The molecule has 0 spiro atoms.